The second-order valence-corrected chi connectivity index (χ2v) is 7.00. The highest BCUT2D eigenvalue weighted by atomic mass is 32.2. The van der Waals surface area contributed by atoms with Gasteiger partial charge in [-0.25, -0.2) is 17.4 Å². The van der Waals surface area contributed by atoms with Crippen molar-refractivity contribution in [2.45, 2.75) is 24.7 Å². The van der Waals surface area contributed by atoms with Gasteiger partial charge in [0, 0.05) is 23.7 Å². The van der Waals surface area contributed by atoms with Crippen LogP contribution in [0.2, 0.25) is 0 Å². The van der Waals surface area contributed by atoms with Crippen LogP contribution in [0.4, 0.5) is 0 Å². The van der Waals surface area contributed by atoms with Crippen LogP contribution in [-0.2, 0) is 10.0 Å². The molecule has 108 valence electrons. The van der Waals surface area contributed by atoms with E-state index in [1.165, 1.54) is 16.4 Å². The fourth-order valence-corrected chi connectivity index (χ4v) is 4.08. The summed E-state index contributed by atoms with van der Waals surface area (Å²) in [6.07, 6.45) is 3.03. The summed E-state index contributed by atoms with van der Waals surface area (Å²) in [5.41, 5.74) is 0. The Balaban J connectivity index is 2.28. The minimum absolute atomic E-state index is 0.0322. The number of hydrogen-bond acceptors (Lipinski definition) is 3. The van der Waals surface area contributed by atoms with E-state index < -0.39 is 10.0 Å². The maximum atomic E-state index is 13.0. The number of aromatic nitrogens is 2. The zero-order chi connectivity index (χ0) is 15.0. The third-order valence-electron chi connectivity index (χ3n) is 3.44. The Morgan fingerprint density at radius 2 is 1.76 bits per heavy atom. The quantitative estimate of drug-likeness (QED) is 0.745. The molecule has 0 aliphatic carbocycles. The van der Waals surface area contributed by atoms with E-state index in [0.717, 1.165) is 10.8 Å². The first-order valence-electron chi connectivity index (χ1n) is 6.78. The van der Waals surface area contributed by atoms with Crippen molar-refractivity contribution in [3.63, 3.8) is 0 Å². The lowest BCUT2D eigenvalue weighted by atomic mass is 10.1. The highest BCUT2D eigenvalue weighted by molar-refractivity contribution is 7.90. The van der Waals surface area contributed by atoms with Crippen molar-refractivity contribution in [3.05, 3.63) is 60.7 Å². The average molecular weight is 300 g/mol. The van der Waals surface area contributed by atoms with E-state index in [4.69, 9.17) is 0 Å². The van der Waals surface area contributed by atoms with Gasteiger partial charge >= 0.3 is 0 Å². The van der Waals surface area contributed by atoms with Crippen molar-refractivity contribution in [2.24, 2.45) is 0 Å². The zero-order valence-corrected chi connectivity index (χ0v) is 12.7. The molecule has 0 bridgehead atoms. The molecule has 4 nitrogen and oxygen atoms in total. The number of nitrogens with zero attached hydrogens (tertiary/aromatic N) is 2. The number of rotatable bonds is 3. The van der Waals surface area contributed by atoms with Crippen LogP contribution in [0, 0.1) is 0 Å². The predicted molar refractivity (Wildman–Crippen MR) is 82.8 cm³/mol. The lowest BCUT2D eigenvalue weighted by Gasteiger charge is -2.13. The summed E-state index contributed by atoms with van der Waals surface area (Å²) in [7, 11) is -3.64. The monoisotopic (exact) mass is 300 g/mol. The molecule has 0 radical (unpaired) electrons. The van der Waals surface area contributed by atoms with Crippen LogP contribution in [-0.4, -0.2) is 17.4 Å². The largest absolute Gasteiger partial charge is 0.269 e. The van der Waals surface area contributed by atoms with Gasteiger partial charge in [-0.1, -0.05) is 50.2 Å². The molecule has 0 N–H and O–H groups in total. The first-order chi connectivity index (χ1) is 10.0. The Morgan fingerprint density at radius 1 is 1.05 bits per heavy atom. The van der Waals surface area contributed by atoms with Gasteiger partial charge < -0.3 is 0 Å². The van der Waals surface area contributed by atoms with Gasteiger partial charge in [-0.05, 0) is 11.5 Å². The van der Waals surface area contributed by atoms with Crippen molar-refractivity contribution in [1.82, 2.24) is 8.96 Å². The lowest BCUT2D eigenvalue weighted by molar-refractivity contribution is 0.582. The van der Waals surface area contributed by atoms with Crippen molar-refractivity contribution in [2.75, 3.05) is 0 Å². The third-order valence-corrected chi connectivity index (χ3v) is 5.18. The van der Waals surface area contributed by atoms with Gasteiger partial charge in [0.15, 0.2) is 0 Å². The molecule has 0 fully saturated rings. The second-order valence-electron chi connectivity index (χ2n) is 5.22. The Labute approximate surface area is 124 Å². The smallest absolute Gasteiger partial charge is 0.240 e. The molecule has 0 unspecified atom stereocenters. The van der Waals surface area contributed by atoms with E-state index in [-0.39, 0.29) is 5.92 Å². The molecule has 1 aromatic heterocycles. The van der Waals surface area contributed by atoms with Crippen molar-refractivity contribution in [1.29, 1.82) is 0 Å². The highest BCUT2D eigenvalue weighted by Crippen LogP contribution is 2.26. The summed E-state index contributed by atoms with van der Waals surface area (Å²) in [5.74, 6) is 0.577. The van der Waals surface area contributed by atoms with Crippen LogP contribution in [0.15, 0.2) is 59.8 Å². The molecule has 21 heavy (non-hydrogen) atoms. The second kappa shape index (κ2) is 5.00. The van der Waals surface area contributed by atoms with Gasteiger partial charge in [0.05, 0.1) is 4.90 Å². The molecule has 5 heteroatoms. The molecule has 0 saturated heterocycles. The van der Waals surface area contributed by atoms with Crippen LogP contribution in [0.3, 0.4) is 0 Å². The first kappa shape index (κ1) is 13.8. The Hall–Kier alpha value is -2.14. The van der Waals surface area contributed by atoms with Crippen LogP contribution < -0.4 is 0 Å². The van der Waals surface area contributed by atoms with Crippen LogP contribution >= 0.6 is 0 Å². The fourth-order valence-electron chi connectivity index (χ4n) is 2.44. The van der Waals surface area contributed by atoms with Crippen LogP contribution in [0.25, 0.3) is 10.8 Å². The molecule has 0 amide bonds. The summed E-state index contributed by atoms with van der Waals surface area (Å²) < 4.78 is 27.2. The van der Waals surface area contributed by atoms with E-state index in [0.29, 0.717) is 10.7 Å². The van der Waals surface area contributed by atoms with Gasteiger partial charge in [0.2, 0.25) is 0 Å². The maximum Gasteiger partial charge on any atom is 0.269 e. The zero-order valence-electron chi connectivity index (χ0n) is 11.9. The molecule has 0 atom stereocenters. The Bertz CT molecular complexity index is 890. The molecule has 0 saturated carbocycles. The molecular weight excluding hydrogens is 284 g/mol. The molecule has 3 aromatic rings. The summed E-state index contributed by atoms with van der Waals surface area (Å²) in [6.45, 7) is 3.86. The van der Waals surface area contributed by atoms with Gasteiger partial charge in [-0.3, -0.25) is 0 Å². The molecule has 2 aromatic carbocycles. The molecular formula is C16H16N2O2S. The van der Waals surface area contributed by atoms with Crippen molar-refractivity contribution < 1.29 is 8.42 Å². The van der Waals surface area contributed by atoms with Crippen LogP contribution in [0.5, 0.6) is 0 Å². The van der Waals surface area contributed by atoms with Gasteiger partial charge in [-0.15, -0.1) is 0 Å². The van der Waals surface area contributed by atoms with Gasteiger partial charge in [0.1, 0.15) is 5.82 Å². The van der Waals surface area contributed by atoms with Crippen LogP contribution in [0.1, 0.15) is 25.6 Å². The van der Waals surface area contributed by atoms with E-state index >= 15 is 0 Å². The molecule has 0 aliphatic heterocycles. The number of fused-ring (bicyclic) bond motifs is 1. The van der Waals surface area contributed by atoms with E-state index in [1.54, 1.807) is 12.1 Å². The maximum absolute atomic E-state index is 13.0. The number of benzene rings is 2. The summed E-state index contributed by atoms with van der Waals surface area (Å²) >= 11 is 0. The summed E-state index contributed by atoms with van der Waals surface area (Å²) in [4.78, 5) is 4.48. The first-order valence-corrected chi connectivity index (χ1v) is 8.22. The van der Waals surface area contributed by atoms with Gasteiger partial charge in [-0.2, -0.15) is 0 Å². The summed E-state index contributed by atoms with van der Waals surface area (Å²) in [6, 6.07) is 12.8. The minimum atomic E-state index is -3.64. The minimum Gasteiger partial charge on any atom is -0.240 e. The van der Waals surface area contributed by atoms with Gasteiger partial charge in [0.25, 0.3) is 10.0 Å². The van der Waals surface area contributed by atoms with E-state index in [9.17, 15) is 8.42 Å². The fraction of sp³-hybridized carbons (Fsp3) is 0.188. The molecule has 0 aliphatic rings. The van der Waals surface area contributed by atoms with E-state index in [2.05, 4.69) is 4.98 Å². The van der Waals surface area contributed by atoms with E-state index in [1.807, 2.05) is 44.2 Å². The predicted octanol–water partition coefficient (Wildman–Crippen LogP) is 3.40. The summed E-state index contributed by atoms with van der Waals surface area (Å²) in [5, 5.41) is 1.63. The topological polar surface area (TPSA) is 52.0 Å². The Kier molecular flexibility index (Phi) is 3.29. The number of imidazole rings is 1. The Morgan fingerprint density at radius 3 is 2.52 bits per heavy atom. The SMILES string of the molecule is CC(C)c1nccn1S(=O)(=O)c1cccc2ccccc12. The standard InChI is InChI=1S/C16H16N2O2S/c1-12(2)16-17-10-11-18(16)21(19,20)15-9-5-7-13-6-3-4-8-14(13)15/h3-12H,1-2H3. The normalized spacial score (nSPS) is 12.1. The number of hydrogen-bond donors (Lipinski definition) is 0. The average Bonchev–Trinajstić information content (AvgIpc) is 2.97. The van der Waals surface area contributed by atoms with Crippen molar-refractivity contribution in [3.8, 4) is 0 Å². The molecule has 3 rings (SSSR count). The van der Waals surface area contributed by atoms with Crippen molar-refractivity contribution >= 4 is 20.8 Å². The molecule has 0 spiro atoms. The lowest BCUT2D eigenvalue weighted by Crippen LogP contribution is -2.16. The highest BCUT2D eigenvalue weighted by Gasteiger charge is 2.23. The molecule has 1 heterocycles. The third kappa shape index (κ3) is 2.23.